The largest absolute Gasteiger partial charge is 0.272 e. The van der Waals surface area contributed by atoms with Gasteiger partial charge in [-0.05, 0) is 36.1 Å². The van der Waals surface area contributed by atoms with E-state index in [-0.39, 0.29) is 11.7 Å². The third kappa shape index (κ3) is 4.67. The average molecular weight is 434 g/mol. The molecule has 4 aromatic rings. The molecule has 150 valence electrons. The van der Waals surface area contributed by atoms with Crippen LogP contribution in [0.5, 0.6) is 0 Å². The summed E-state index contributed by atoms with van der Waals surface area (Å²) in [6.45, 7) is 2.01. The number of para-hydroxylation sites is 1. The SMILES string of the molecule is Cc1ccsc1/C=N/NC(=O)CSc1nnc(-c2ccccc2)n1-c1ccccc1. The maximum Gasteiger partial charge on any atom is 0.250 e. The fraction of sp³-hybridized carbons (Fsp3) is 0.0909. The van der Waals surface area contributed by atoms with Crippen LogP contribution in [0.4, 0.5) is 0 Å². The predicted molar refractivity (Wildman–Crippen MR) is 122 cm³/mol. The van der Waals surface area contributed by atoms with E-state index in [4.69, 9.17) is 0 Å². The van der Waals surface area contributed by atoms with Gasteiger partial charge >= 0.3 is 0 Å². The number of aromatic nitrogens is 3. The molecule has 8 heteroatoms. The van der Waals surface area contributed by atoms with Crippen molar-refractivity contribution in [1.82, 2.24) is 20.2 Å². The monoisotopic (exact) mass is 433 g/mol. The number of hydrogen-bond donors (Lipinski definition) is 1. The van der Waals surface area contributed by atoms with Gasteiger partial charge in [0.15, 0.2) is 11.0 Å². The van der Waals surface area contributed by atoms with Gasteiger partial charge in [0.25, 0.3) is 5.91 Å². The van der Waals surface area contributed by atoms with E-state index in [0.717, 1.165) is 27.5 Å². The van der Waals surface area contributed by atoms with Gasteiger partial charge in [-0.25, -0.2) is 5.43 Å². The summed E-state index contributed by atoms with van der Waals surface area (Å²) < 4.78 is 1.96. The maximum absolute atomic E-state index is 12.3. The summed E-state index contributed by atoms with van der Waals surface area (Å²) in [4.78, 5) is 13.3. The van der Waals surface area contributed by atoms with Crippen LogP contribution in [0.3, 0.4) is 0 Å². The number of thiophene rings is 1. The lowest BCUT2D eigenvalue weighted by molar-refractivity contribution is -0.118. The number of hydrogen-bond acceptors (Lipinski definition) is 6. The van der Waals surface area contributed by atoms with Crippen molar-refractivity contribution in [1.29, 1.82) is 0 Å². The van der Waals surface area contributed by atoms with E-state index in [2.05, 4.69) is 20.7 Å². The van der Waals surface area contributed by atoms with Gasteiger partial charge in [0.1, 0.15) is 0 Å². The molecule has 1 amide bonds. The molecule has 0 aliphatic carbocycles. The zero-order chi connectivity index (χ0) is 20.8. The Morgan fingerprint density at radius 2 is 1.83 bits per heavy atom. The van der Waals surface area contributed by atoms with E-state index in [0.29, 0.717) is 5.16 Å². The molecule has 0 spiro atoms. The molecule has 0 unspecified atom stereocenters. The van der Waals surface area contributed by atoms with Crippen molar-refractivity contribution < 1.29 is 4.79 Å². The van der Waals surface area contributed by atoms with Crippen molar-refractivity contribution in [2.45, 2.75) is 12.1 Å². The first kappa shape index (κ1) is 20.1. The summed E-state index contributed by atoms with van der Waals surface area (Å²) in [5, 5.41) is 15.4. The number of amides is 1. The predicted octanol–water partition coefficient (Wildman–Crippen LogP) is 4.55. The van der Waals surface area contributed by atoms with Crippen molar-refractivity contribution in [2.24, 2.45) is 5.10 Å². The van der Waals surface area contributed by atoms with Gasteiger partial charge in [0.05, 0.1) is 12.0 Å². The van der Waals surface area contributed by atoms with Crippen molar-refractivity contribution in [3.05, 3.63) is 82.6 Å². The highest BCUT2D eigenvalue weighted by Crippen LogP contribution is 2.27. The van der Waals surface area contributed by atoms with Crippen LogP contribution >= 0.6 is 23.1 Å². The maximum atomic E-state index is 12.3. The van der Waals surface area contributed by atoms with Crippen molar-refractivity contribution >= 4 is 35.2 Å². The van der Waals surface area contributed by atoms with Gasteiger partial charge in [-0.2, -0.15) is 5.10 Å². The number of carbonyl (C=O) groups is 1. The molecule has 1 N–H and O–H groups in total. The van der Waals surface area contributed by atoms with E-state index < -0.39 is 0 Å². The van der Waals surface area contributed by atoms with Crippen molar-refractivity contribution in [3.8, 4) is 17.1 Å². The van der Waals surface area contributed by atoms with Gasteiger partial charge in [-0.15, -0.1) is 21.5 Å². The average Bonchev–Trinajstić information content (AvgIpc) is 3.40. The van der Waals surface area contributed by atoms with Gasteiger partial charge in [0.2, 0.25) is 0 Å². The number of carbonyl (C=O) groups excluding carboxylic acids is 1. The highest BCUT2D eigenvalue weighted by Gasteiger charge is 2.17. The summed E-state index contributed by atoms with van der Waals surface area (Å²) in [6.07, 6.45) is 1.67. The van der Waals surface area contributed by atoms with Gasteiger partial charge < -0.3 is 0 Å². The van der Waals surface area contributed by atoms with Crippen LogP contribution in [0.25, 0.3) is 17.1 Å². The molecule has 2 aromatic heterocycles. The summed E-state index contributed by atoms with van der Waals surface area (Å²) in [6, 6.07) is 21.8. The highest BCUT2D eigenvalue weighted by atomic mass is 32.2. The van der Waals surface area contributed by atoms with Gasteiger partial charge in [-0.3, -0.25) is 9.36 Å². The minimum atomic E-state index is -0.200. The zero-order valence-corrected chi connectivity index (χ0v) is 17.9. The van der Waals surface area contributed by atoms with Crippen LogP contribution in [-0.4, -0.2) is 32.6 Å². The van der Waals surface area contributed by atoms with Gasteiger partial charge in [-0.1, -0.05) is 60.3 Å². The minimum absolute atomic E-state index is 0.181. The second-order valence-corrected chi connectivity index (χ2v) is 8.28. The van der Waals surface area contributed by atoms with E-state index in [1.54, 1.807) is 17.6 Å². The Morgan fingerprint density at radius 3 is 2.53 bits per heavy atom. The number of thioether (sulfide) groups is 1. The Labute approximate surface area is 182 Å². The number of nitrogens with zero attached hydrogens (tertiary/aromatic N) is 4. The molecule has 0 saturated carbocycles. The van der Waals surface area contributed by atoms with E-state index in [9.17, 15) is 4.79 Å². The standard InChI is InChI=1S/C22H19N5OS2/c1-16-12-13-29-19(16)14-23-24-20(28)15-30-22-26-25-21(17-8-4-2-5-9-17)27(22)18-10-6-3-7-11-18/h2-14H,15H2,1H3,(H,24,28)/b23-14+. The first-order chi connectivity index (χ1) is 14.7. The second kappa shape index (κ2) is 9.51. The molecule has 0 radical (unpaired) electrons. The van der Waals surface area contributed by atoms with Crippen LogP contribution in [-0.2, 0) is 4.79 Å². The Bertz CT molecular complexity index is 1150. The Hall–Kier alpha value is -3.23. The molecule has 2 heterocycles. The third-order valence-electron chi connectivity index (χ3n) is 4.28. The highest BCUT2D eigenvalue weighted by molar-refractivity contribution is 7.99. The number of nitrogens with one attached hydrogen (secondary N) is 1. The zero-order valence-electron chi connectivity index (χ0n) is 16.2. The molecule has 0 aliphatic rings. The Kier molecular flexibility index (Phi) is 6.36. The fourth-order valence-electron chi connectivity index (χ4n) is 2.79. The van der Waals surface area contributed by atoms with E-state index >= 15 is 0 Å². The summed E-state index contributed by atoms with van der Waals surface area (Å²) in [7, 11) is 0. The van der Waals surface area contributed by atoms with Gasteiger partial charge in [0, 0.05) is 16.1 Å². The molecule has 0 saturated heterocycles. The third-order valence-corrected chi connectivity index (χ3v) is 6.17. The molecule has 0 aliphatic heterocycles. The van der Waals surface area contributed by atoms with Crippen LogP contribution < -0.4 is 5.43 Å². The van der Waals surface area contributed by atoms with Crippen LogP contribution in [0.2, 0.25) is 0 Å². The summed E-state index contributed by atoms with van der Waals surface area (Å²) in [5.41, 5.74) is 5.61. The number of aryl methyl sites for hydroxylation is 1. The lowest BCUT2D eigenvalue weighted by Crippen LogP contribution is -2.20. The van der Waals surface area contributed by atoms with Crippen LogP contribution in [0, 0.1) is 6.92 Å². The van der Waals surface area contributed by atoms with Crippen LogP contribution in [0.1, 0.15) is 10.4 Å². The smallest absolute Gasteiger partial charge is 0.250 e. The molecular formula is C22H19N5OS2. The number of benzene rings is 2. The first-order valence-corrected chi connectivity index (χ1v) is 11.1. The molecule has 2 aromatic carbocycles. The van der Waals surface area contributed by atoms with E-state index in [1.807, 2.05) is 83.6 Å². The molecule has 6 nitrogen and oxygen atoms in total. The lowest BCUT2D eigenvalue weighted by Gasteiger charge is -2.10. The number of rotatable bonds is 7. The van der Waals surface area contributed by atoms with E-state index in [1.165, 1.54) is 11.8 Å². The second-order valence-electron chi connectivity index (χ2n) is 6.39. The molecule has 0 bridgehead atoms. The first-order valence-electron chi connectivity index (χ1n) is 9.27. The molecule has 30 heavy (non-hydrogen) atoms. The lowest BCUT2D eigenvalue weighted by atomic mass is 10.2. The van der Waals surface area contributed by atoms with Crippen molar-refractivity contribution in [2.75, 3.05) is 5.75 Å². The Morgan fingerprint density at radius 1 is 1.10 bits per heavy atom. The molecule has 4 rings (SSSR count). The van der Waals surface area contributed by atoms with Crippen molar-refractivity contribution in [3.63, 3.8) is 0 Å². The topological polar surface area (TPSA) is 72.2 Å². The summed E-state index contributed by atoms with van der Waals surface area (Å²) >= 11 is 2.91. The summed E-state index contributed by atoms with van der Waals surface area (Å²) in [5.74, 6) is 0.714. The normalized spacial score (nSPS) is 11.1. The minimum Gasteiger partial charge on any atom is -0.272 e. The fourth-order valence-corrected chi connectivity index (χ4v) is 4.32. The van der Waals surface area contributed by atoms with Crippen LogP contribution in [0.15, 0.2) is 82.4 Å². The molecule has 0 atom stereocenters. The number of hydrazone groups is 1. The molecular weight excluding hydrogens is 414 g/mol. The Balaban J connectivity index is 1.50. The molecule has 0 fully saturated rings. The quantitative estimate of drug-likeness (QED) is 0.264.